The fraction of sp³-hybridized carbons (Fsp3) is 0.436. The molecule has 0 bridgehead atoms. The van der Waals surface area contributed by atoms with Gasteiger partial charge in [0, 0.05) is 80.7 Å². The fourth-order valence-corrected chi connectivity index (χ4v) is 8.03. The molecule has 2 fully saturated rings. The van der Waals surface area contributed by atoms with Crippen LogP contribution in [0, 0.1) is 6.92 Å². The number of carbonyl (C=O) groups excluding carboxylic acids is 1. The number of anilines is 2. The van der Waals surface area contributed by atoms with Crippen LogP contribution in [0.3, 0.4) is 0 Å². The highest BCUT2D eigenvalue weighted by molar-refractivity contribution is 7.89. The van der Waals surface area contributed by atoms with Gasteiger partial charge in [0.15, 0.2) is 11.3 Å². The van der Waals surface area contributed by atoms with Crippen molar-refractivity contribution >= 4 is 27.4 Å². The molecule has 1 unspecified atom stereocenters. The third-order valence-corrected chi connectivity index (χ3v) is 11.4. The fourth-order valence-electron chi connectivity index (χ4n) is 6.69. The lowest BCUT2D eigenvalue weighted by Gasteiger charge is -2.35. The van der Waals surface area contributed by atoms with Crippen LogP contribution in [0.5, 0.6) is 23.0 Å². The van der Waals surface area contributed by atoms with E-state index >= 15 is 0 Å². The standard InChI is InChI=1S/C39H46F2N6O9S/c1-26-43-22-32(37(44-26)45-15-6-12-39(40,41)13-16-45)38(48)47(36-25-55-17-18-56-36)29-11-14-42-35(19-29)57(49,50)46(23-27-7-9-30(51-2)20-33(27)53-4)24-28-8-10-31(52-3)21-34(28)54-5/h7-11,14,19-22,36H,6,12-13,15-18,23-25H2,1-5H3. The number of alkyl halides is 2. The quantitative estimate of drug-likeness (QED) is 0.163. The van der Waals surface area contributed by atoms with E-state index in [1.807, 2.05) is 0 Å². The third kappa shape index (κ3) is 9.52. The second-order valence-corrected chi connectivity index (χ2v) is 15.3. The maximum absolute atomic E-state index is 14.8. The monoisotopic (exact) mass is 812 g/mol. The number of benzene rings is 2. The summed E-state index contributed by atoms with van der Waals surface area (Å²) in [6.45, 7) is 1.97. The molecule has 2 aliphatic rings. The molecular formula is C39H46F2N6O9S. The first-order chi connectivity index (χ1) is 27.4. The number of sulfonamides is 1. The molecule has 2 aromatic carbocycles. The zero-order chi connectivity index (χ0) is 40.7. The van der Waals surface area contributed by atoms with Gasteiger partial charge in [-0.05, 0) is 31.5 Å². The molecule has 2 aromatic heterocycles. The summed E-state index contributed by atoms with van der Waals surface area (Å²) < 4.78 is 93.4. The average molecular weight is 813 g/mol. The van der Waals surface area contributed by atoms with Gasteiger partial charge in [0.05, 0.1) is 53.9 Å². The van der Waals surface area contributed by atoms with Crippen molar-refractivity contribution in [2.75, 3.05) is 71.1 Å². The molecule has 6 rings (SSSR count). The minimum Gasteiger partial charge on any atom is -0.497 e. The number of rotatable bonds is 14. The van der Waals surface area contributed by atoms with E-state index < -0.39 is 34.5 Å². The van der Waals surface area contributed by atoms with Crippen molar-refractivity contribution in [2.24, 2.45) is 0 Å². The number of aromatic nitrogens is 3. The molecule has 2 aliphatic heterocycles. The van der Waals surface area contributed by atoms with Gasteiger partial charge in [0.25, 0.3) is 15.9 Å². The average Bonchev–Trinajstić information content (AvgIpc) is 3.41. The highest BCUT2D eigenvalue weighted by Crippen LogP contribution is 2.35. The maximum atomic E-state index is 14.8. The van der Waals surface area contributed by atoms with Gasteiger partial charge in [-0.3, -0.25) is 9.69 Å². The van der Waals surface area contributed by atoms with Crippen LogP contribution in [0.4, 0.5) is 20.3 Å². The van der Waals surface area contributed by atoms with E-state index in [0.29, 0.717) is 39.9 Å². The first kappa shape index (κ1) is 41.5. The number of pyridine rings is 1. The Morgan fingerprint density at radius 3 is 2.16 bits per heavy atom. The summed E-state index contributed by atoms with van der Waals surface area (Å²) in [5, 5.41) is -0.371. The number of amides is 1. The second kappa shape index (κ2) is 18.0. The van der Waals surface area contributed by atoms with Crippen LogP contribution < -0.4 is 28.7 Å². The van der Waals surface area contributed by atoms with Crippen molar-refractivity contribution < 1.29 is 50.4 Å². The van der Waals surface area contributed by atoms with Crippen LogP contribution in [0.25, 0.3) is 0 Å². The predicted octanol–water partition coefficient (Wildman–Crippen LogP) is 5.25. The minimum atomic E-state index is -4.47. The van der Waals surface area contributed by atoms with E-state index in [4.69, 9.17) is 28.4 Å². The number of ether oxygens (including phenoxy) is 6. The Morgan fingerprint density at radius 2 is 1.56 bits per heavy atom. The van der Waals surface area contributed by atoms with Crippen molar-refractivity contribution in [1.82, 2.24) is 19.3 Å². The highest BCUT2D eigenvalue weighted by atomic mass is 32.2. The van der Waals surface area contributed by atoms with Crippen molar-refractivity contribution in [3.05, 3.63) is 83.4 Å². The molecule has 306 valence electrons. The molecule has 1 atom stereocenters. The summed E-state index contributed by atoms with van der Waals surface area (Å²) in [7, 11) is 1.51. The molecule has 0 spiro atoms. The lowest BCUT2D eigenvalue weighted by Crippen LogP contribution is -2.48. The Morgan fingerprint density at radius 1 is 0.895 bits per heavy atom. The topological polar surface area (TPSA) is 155 Å². The van der Waals surface area contributed by atoms with Gasteiger partial charge in [-0.25, -0.2) is 32.2 Å². The van der Waals surface area contributed by atoms with Crippen LogP contribution in [-0.4, -0.2) is 107 Å². The Hall–Kier alpha value is -5.17. The van der Waals surface area contributed by atoms with Crippen LogP contribution in [0.15, 0.2) is 66.0 Å². The maximum Gasteiger partial charge on any atom is 0.265 e. The smallest absolute Gasteiger partial charge is 0.265 e. The van der Waals surface area contributed by atoms with E-state index in [1.165, 1.54) is 62.2 Å². The van der Waals surface area contributed by atoms with E-state index in [9.17, 15) is 22.0 Å². The van der Waals surface area contributed by atoms with E-state index in [1.54, 1.807) is 48.2 Å². The van der Waals surface area contributed by atoms with Crippen LogP contribution in [0.1, 0.15) is 46.6 Å². The number of methoxy groups -OCH3 is 4. The number of hydrogen-bond donors (Lipinski definition) is 0. The van der Waals surface area contributed by atoms with Gasteiger partial charge in [-0.15, -0.1) is 0 Å². The molecule has 18 heteroatoms. The summed E-state index contributed by atoms with van der Waals surface area (Å²) in [4.78, 5) is 30.8. The zero-order valence-corrected chi connectivity index (χ0v) is 33.3. The molecule has 0 N–H and O–H groups in total. The Balaban J connectivity index is 1.42. The molecular weight excluding hydrogens is 767 g/mol. The largest absolute Gasteiger partial charge is 0.497 e. The zero-order valence-electron chi connectivity index (χ0n) is 32.4. The van der Waals surface area contributed by atoms with Crippen molar-refractivity contribution in [2.45, 2.75) is 56.5 Å². The van der Waals surface area contributed by atoms with Gasteiger partial charge in [0.1, 0.15) is 40.2 Å². The van der Waals surface area contributed by atoms with E-state index in [0.717, 1.165) is 0 Å². The SMILES string of the molecule is COc1ccc(CN(Cc2ccc(OC)cc2OC)S(=O)(=O)c2cc(N(C(=O)c3cnc(C)nc3N3CCCC(F)(F)CC3)C3COCCO3)ccn2)c(OC)c1. The lowest BCUT2D eigenvalue weighted by atomic mass is 10.1. The summed E-state index contributed by atoms with van der Waals surface area (Å²) >= 11 is 0. The molecule has 0 aliphatic carbocycles. The summed E-state index contributed by atoms with van der Waals surface area (Å²) in [5.41, 5.74) is 1.23. The molecule has 0 radical (unpaired) electrons. The Labute approximate surface area is 330 Å². The van der Waals surface area contributed by atoms with Gasteiger partial charge in [-0.1, -0.05) is 12.1 Å². The molecule has 1 amide bonds. The number of aryl methyl sites for hydroxylation is 1. The van der Waals surface area contributed by atoms with Gasteiger partial charge >= 0.3 is 0 Å². The number of halogens is 2. The molecule has 15 nitrogen and oxygen atoms in total. The first-order valence-corrected chi connectivity index (χ1v) is 19.7. The van der Waals surface area contributed by atoms with Gasteiger partial charge in [0.2, 0.25) is 5.92 Å². The van der Waals surface area contributed by atoms with E-state index in [2.05, 4.69) is 15.0 Å². The Bertz CT molecular complexity index is 2100. The van der Waals surface area contributed by atoms with Crippen molar-refractivity contribution in [3.8, 4) is 23.0 Å². The van der Waals surface area contributed by atoms with E-state index in [-0.39, 0.29) is 80.9 Å². The first-order valence-electron chi connectivity index (χ1n) is 18.2. The summed E-state index contributed by atoms with van der Waals surface area (Å²) in [6, 6.07) is 12.9. The minimum absolute atomic E-state index is 0.0287. The lowest BCUT2D eigenvalue weighted by molar-refractivity contribution is -0.0856. The number of nitrogens with zero attached hydrogens (tertiary/aromatic N) is 6. The second-order valence-electron chi connectivity index (χ2n) is 13.4. The molecule has 4 heterocycles. The Kier molecular flexibility index (Phi) is 13.1. The van der Waals surface area contributed by atoms with Crippen molar-refractivity contribution in [3.63, 3.8) is 0 Å². The predicted molar refractivity (Wildman–Crippen MR) is 205 cm³/mol. The third-order valence-electron chi connectivity index (χ3n) is 9.72. The van der Waals surface area contributed by atoms with Crippen LogP contribution >= 0.6 is 0 Å². The van der Waals surface area contributed by atoms with Gasteiger partial charge in [-0.2, -0.15) is 4.31 Å². The summed E-state index contributed by atoms with van der Waals surface area (Å²) in [6.07, 6.45) is 1.16. The molecule has 57 heavy (non-hydrogen) atoms. The number of carbonyl (C=O) groups is 1. The molecule has 4 aromatic rings. The summed E-state index contributed by atoms with van der Waals surface area (Å²) in [5.74, 6) is -1.11. The van der Waals surface area contributed by atoms with Crippen LogP contribution in [-0.2, 0) is 32.6 Å². The van der Waals surface area contributed by atoms with Crippen LogP contribution in [0.2, 0.25) is 0 Å². The molecule has 0 saturated carbocycles. The molecule has 2 saturated heterocycles. The highest BCUT2D eigenvalue weighted by Gasteiger charge is 2.37. The van der Waals surface area contributed by atoms with Crippen molar-refractivity contribution in [1.29, 1.82) is 0 Å². The number of hydrogen-bond acceptors (Lipinski definition) is 13. The normalized spacial score (nSPS) is 17.1. The van der Waals surface area contributed by atoms with Gasteiger partial charge < -0.3 is 33.3 Å².